The van der Waals surface area contributed by atoms with E-state index in [2.05, 4.69) is 57.2 Å². The second-order valence-electron chi connectivity index (χ2n) is 6.98. The quantitative estimate of drug-likeness (QED) is 0.299. The van der Waals surface area contributed by atoms with Gasteiger partial charge in [-0.1, -0.05) is 60.3 Å². The maximum atomic E-state index is 5.55. The molecule has 0 atom stereocenters. The van der Waals surface area contributed by atoms with Gasteiger partial charge in [-0.05, 0) is 48.7 Å². The highest BCUT2D eigenvalue weighted by Gasteiger charge is 2.19. The third-order valence-electron chi connectivity index (χ3n) is 4.96. The van der Waals surface area contributed by atoms with Crippen LogP contribution in [0.3, 0.4) is 0 Å². The summed E-state index contributed by atoms with van der Waals surface area (Å²) in [5.41, 5.74) is 3.36. The summed E-state index contributed by atoms with van der Waals surface area (Å²) in [6.45, 7) is 0.257. The van der Waals surface area contributed by atoms with E-state index in [0.29, 0.717) is 0 Å². The smallest absolute Gasteiger partial charge is 0.231 e. The van der Waals surface area contributed by atoms with E-state index in [1.807, 2.05) is 36.4 Å². The van der Waals surface area contributed by atoms with Crippen LogP contribution in [0.4, 0.5) is 0 Å². The number of ether oxygens (including phenoxy) is 2. The van der Waals surface area contributed by atoms with Crippen LogP contribution in [0.25, 0.3) is 17.1 Å². The van der Waals surface area contributed by atoms with E-state index < -0.39 is 0 Å². The molecule has 5 rings (SSSR count). The Kier molecular flexibility index (Phi) is 5.40. The third kappa shape index (κ3) is 3.91. The van der Waals surface area contributed by atoms with Crippen molar-refractivity contribution in [3.8, 4) is 28.6 Å². The number of aromatic nitrogens is 3. The van der Waals surface area contributed by atoms with E-state index in [0.717, 1.165) is 52.3 Å². The number of aryl methyl sites for hydroxylation is 1. The Morgan fingerprint density at radius 2 is 1.60 bits per heavy atom. The monoisotopic (exact) mass is 415 g/mol. The molecule has 1 aliphatic heterocycles. The van der Waals surface area contributed by atoms with Gasteiger partial charge in [-0.25, -0.2) is 0 Å². The zero-order chi connectivity index (χ0) is 20.2. The van der Waals surface area contributed by atoms with Gasteiger partial charge in [-0.2, -0.15) is 0 Å². The Morgan fingerprint density at radius 3 is 2.43 bits per heavy atom. The molecule has 30 heavy (non-hydrogen) atoms. The van der Waals surface area contributed by atoms with Crippen LogP contribution < -0.4 is 9.47 Å². The minimum Gasteiger partial charge on any atom is -0.454 e. The standard InChI is InChI=1S/C24H21N3O2S/c1-3-8-18(9-4-1)10-7-15-30-24-26-25-23(27(24)20-11-5-2-6-12-20)19-13-14-21-22(16-19)29-17-28-21/h1-6,8-9,11-14,16H,7,10,15,17H2. The number of hydrogen-bond donors (Lipinski definition) is 0. The molecule has 6 heteroatoms. The average Bonchev–Trinajstić information content (AvgIpc) is 3.44. The van der Waals surface area contributed by atoms with Gasteiger partial charge in [0.25, 0.3) is 0 Å². The van der Waals surface area contributed by atoms with Gasteiger partial charge >= 0.3 is 0 Å². The van der Waals surface area contributed by atoms with Crippen LogP contribution in [-0.2, 0) is 6.42 Å². The van der Waals surface area contributed by atoms with Crippen LogP contribution in [0.5, 0.6) is 11.5 Å². The minimum absolute atomic E-state index is 0.257. The molecule has 0 amide bonds. The summed E-state index contributed by atoms with van der Waals surface area (Å²) in [6, 6.07) is 26.7. The van der Waals surface area contributed by atoms with Crippen LogP contribution in [0, 0.1) is 0 Å². The summed E-state index contributed by atoms with van der Waals surface area (Å²) in [4.78, 5) is 0. The molecule has 5 nitrogen and oxygen atoms in total. The van der Waals surface area contributed by atoms with Crippen molar-refractivity contribution >= 4 is 11.8 Å². The minimum atomic E-state index is 0.257. The number of hydrogen-bond acceptors (Lipinski definition) is 5. The van der Waals surface area contributed by atoms with Crippen LogP contribution in [0.1, 0.15) is 12.0 Å². The fourth-order valence-corrected chi connectivity index (χ4v) is 4.37. The van der Waals surface area contributed by atoms with E-state index in [4.69, 9.17) is 9.47 Å². The van der Waals surface area contributed by atoms with Gasteiger partial charge in [0.2, 0.25) is 6.79 Å². The molecular formula is C24H21N3O2S. The fraction of sp³-hybridized carbons (Fsp3) is 0.167. The van der Waals surface area contributed by atoms with Gasteiger partial charge in [0.15, 0.2) is 22.5 Å². The summed E-state index contributed by atoms with van der Waals surface area (Å²) >= 11 is 1.74. The average molecular weight is 416 g/mol. The Balaban J connectivity index is 1.40. The van der Waals surface area contributed by atoms with Gasteiger partial charge in [0, 0.05) is 17.0 Å². The number of rotatable bonds is 7. The van der Waals surface area contributed by atoms with Crippen molar-refractivity contribution < 1.29 is 9.47 Å². The normalized spacial score (nSPS) is 12.3. The van der Waals surface area contributed by atoms with Crippen LogP contribution >= 0.6 is 11.8 Å². The molecule has 0 unspecified atom stereocenters. The molecular weight excluding hydrogens is 394 g/mol. The number of para-hydroxylation sites is 1. The number of thioether (sulfide) groups is 1. The predicted molar refractivity (Wildman–Crippen MR) is 118 cm³/mol. The van der Waals surface area contributed by atoms with Gasteiger partial charge in [0.05, 0.1) is 0 Å². The van der Waals surface area contributed by atoms with Crippen molar-refractivity contribution in [3.63, 3.8) is 0 Å². The summed E-state index contributed by atoms with van der Waals surface area (Å²) < 4.78 is 13.1. The molecule has 1 aliphatic rings. The number of nitrogens with zero attached hydrogens (tertiary/aromatic N) is 3. The summed E-state index contributed by atoms with van der Waals surface area (Å²) in [7, 11) is 0. The highest BCUT2D eigenvalue weighted by Crippen LogP contribution is 2.37. The summed E-state index contributed by atoms with van der Waals surface area (Å²) in [5.74, 6) is 3.28. The zero-order valence-corrected chi connectivity index (χ0v) is 17.2. The van der Waals surface area contributed by atoms with Crippen LogP contribution in [0.15, 0.2) is 84.0 Å². The molecule has 0 fully saturated rings. The van der Waals surface area contributed by atoms with E-state index in [1.165, 1.54) is 5.56 Å². The lowest BCUT2D eigenvalue weighted by Gasteiger charge is -2.10. The first-order chi connectivity index (χ1) is 14.9. The highest BCUT2D eigenvalue weighted by atomic mass is 32.2. The van der Waals surface area contributed by atoms with E-state index in [9.17, 15) is 0 Å². The first-order valence-electron chi connectivity index (χ1n) is 9.96. The lowest BCUT2D eigenvalue weighted by Crippen LogP contribution is -2.00. The molecule has 0 saturated heterocycles. The van der Waals surface area contributed by atoms with Crippen molar-refractivity contribution in [3.05, 3.63) is 84.4 Å². The largest absolute Gasteiger partial charge is 0.454 e. The van der Waals surface area contributed by atoms with Crippen molar-refractivity contribution in [2.24, 2.45) is 0 Å². The zero-order valence-electron chi connectivity index (χ0n) is 16.4. The topological polar surface area (TPSA) is 49.2 Å². The van der Waals surface area contributed by atoms with Gasteiger partial charge in [-0.3, -0.25) is 4.57 Å². The van der Waals surface area contributed by atoms with E-state index in [-0.39, 0.29) is 6.79 Å². The maximum Gasteiger partial charge on any atom is 0.231 e. The van der Waals surface area contributed by atoms with Gasteiger partial charge < -0.3 is 9.47 Å². The van der Waals surface area contributed by atoms with E-state index >= 15 is 0 Å². The van der Waals surface area contributed by atoms with Crippen molar-refractivity contribution in [2.75, 3.05) is 12.5 Å². The van der Waals surface area contributed by atoms with Crippen LogP contribution in [0.2, 0.25) is 0 Å². The predicted octanol–water partition coefficient (Wildman–Crippen LogP) is 5.39. The molecule has 0 radical (unpaired) electrons. The van der Waals surface area contributed by atoms with Crippen molar-refractivity contribution in [1.29, 1.82) is 0 Å². The molecule has 150 valence electrons. The van der Waals surface area contributed by atoms with Gasteiger partial charge in [0.1, 0.15) is 0 Å². The highest BCUT2D eigenvalue weighted by molar-refractivity contribution is 7.99. The molecule has 0 bridgehead atoms. The first-order valence-corrected chi connectivity index (χ1v) is 10.9. The molecule has 4 aromatic rings. The van der Waals surface area contributed by atoms with Crippen LogP contribution in [-0.4, -0.2) is 27.3 Å². The second kappa shape index (κ2) is 8.63. The first kappa shape index (κ1) is 18.8. The SMILES string of the molecule is c1ccc(CCCSc2nnc(-c3ccc4c(c3)OCO4)n2-c2ccccc2)cc1. The molecule has 0 saturated carbocycles. The molecule has 1 aromatic heterocycles. The summed E-state index contributed by atoms with van der Waals surface area (Å²) in [5, 5.41) is 9.92. The lowest BCUT2D eigenvalue weighted by atomic mass is 10.1. The van der Waals surface area contributed by atoms with Crippen molar-refractivity contribution in [1.82, 2.24) is 14.8 Å². The van der Waals surface area contributed by atoms with Gasteiger partial charge in [-0.15, -0.1) is 10.2 Å². The Bertz CT molecular complexity index is 1130. The number of benzene rings is 3. The van der Waals surface area contributed by atoms with Crippen molar-refractivity contribution in [2.45, 2.75) is 18.0 Å². The Labute approximate surface area is 179 Å². The molecule has 0 spiro atoms. The Morgan fingerprint density at radius 1 is 0.833 bits per heavy atom. The lowest BCUT2D eigenvalue weighted by molar-refractivity contribution is 0.174. The number of fused-ring (bicyclic) bond motifs is 1. The molecule has 2 heterocycles. The Hall–Kier alpha value is -3.25. The maximum absolute atomic E-state index is 5.55. The summed E-state index contributed by atoms with van der Waals surface area (Å²) in [6.07, 6.45) is 2.14. The second-order valence-corrected chi connectivity index (χ2v) is 8.04. The molecule has 0 aliphatic carbocycles. The third-order valence-corrected chi connectivity index (χ3v) is 5.98. The molecule has 0 N–H and O–H groups in total. The fourth-order valence-electron chi connectivity index (χ4n) is 3.48. The van der Waals surface area contributed by atoms with E-state index in [1.54, 1.807) is 11.8 Å². The molecule has 3 aromatic carbocycles.